The van der Waals surface area contributed by atoms with Gasteiger partial charge in [0.2, 0.25) is 0 Å². The van der Waals surface area contributed by atoms with Crippen LogP contribution in [0, 0.1) is 0 Å². The highest BCUT2D eigenvalue weighted by molar-refractivity contribution is 5.72. The molecule has 0 aromatic heterocycles. The van der Waals surface area contributed by atoms with E-state index in [1.54, 1.807) is 5.01 Å². The molecule has 0 aliphatic rings. The molecule has 17 heavy (non-hydrogen) atoms. The van der Waals surface area contributed by atoms with Crippen LogP contribution in [-0.2, 0) is 9.53 Å². The van der Waals surface area contributed by atoms with Crippen molar-refractivity contribution in [2.24, 2.45) is 0 Å². The normalized spacial score (nSPS) is 11.1. The van der Waals surface area contributed by atoms with Gasteiger partial charge in [-0.05, 0) is 32.9 Å². The summed E-state index contributed by atoms with van der Waals surface area (Å²) in [7, 11) is 1.86. The molecule has 1 N–H and O–H groups in total. The van der Waals surface area contributed by atoms with Crippen molar-refractivity contribution in [1.82, 2.24) is 5.43 Å². The van der Waals surface area contributed by atoms with Crippen molar-refractivity contribution in [1.29, 1.82) is 0 Å². The number of rotatable bonds is 4. The fourth-order valence-corrected chi connectivity index (χ4v) is 1.30. The molecule has 0 radical (unpaired) electrons. The molecular formula is C13H20N2O2. The summed E-state index contributed by atoms with van der Waals surface area (Å²) in [6.45, 7) is 5.71. The number of benzene rings is 1. The van der Waals surface area contributed by atoms with Crippen molar-refractivity contribution in [2.75, 3.05) is 18.6 Å². The first-order valence-corrected chi connectivity index (χ1v) is 5.62. The minimum absolute atomic E-state index is 0.155. The van der Waals surface area contributed by atoms with E-state index < -0.39 is 5.60 Å². The van der Waals surface area contributed by atoms with E-state index in [1.165, 1.54) is 0 Å². The Kier molecular flexibility index (Phi) is 4.52. The van der Waals surface area contributed by atoms with Crippen LogP contribution in [-0.4, -0.2) is 25.2 Å². The van der Waals surface area contributed by atoms with Crippen LogP contribution in [0.15, 0.2) is 30.3 Å². The minimum atomic E-state index is -0.440. The fraction of sp³-hybridized carbons (Fsp3) is 0.462. The Bertz CT molecular complexity index is 357. The van der Waals surface area contributed by atoms with E-state index in [1.807, 2.05) is 58.2 Å². The third-order valence-electron chi connectivity index (χ3n) is 2.02. The van der Waals surface area contributed by atoms with E-state index in [0.29, 0.717) is 0 Å². The Balaban J connectivity index is 2.39. The van der Waals surface area contributed by atoms with Gasteiger partial charge in [0.1, 0.15) is 12.1 Å². The molecular weight excluding hydrogens is 216 g/mol. The van der Waals surface area contributed by atoms with Gasteiger partial charge in [-0.1, -0.05) is 18.2 Å². The molecule has 1 aromatic rings. The lowest BCUT2D eigenvalue weighted by Gasteiger charge is -2.23. The van der Waals surface area contributed by atoms with Crippen LogP contribution in [0.2, 0.25) is 0 Å². The van der Waals surface area contributed by atoms with Crippen LogP contribution in [0.1, 0.15) is 20.8 Å². The number of nitrogens with one attached hydrogen (secondary N) is 1. The predicted octanol–water partition coefficient (Wildman–Crippen LogP) is 1.97. The van der Waals surface area contributed by atoms with Crippen LogP contribution < -0.4 is 10.4 Å². The van der Waals surface area contributed by atoms with E-state index in [0.717, 1.165) is 5.69 Å². The van der Waals surface area contributed by atoms with Crippen LogP contribution in [0.5, 0.6) is 0 Å². The molecule has 4 heteroatoms. The standard InChI is InChI=1S/C13H20N2O2/c1-13(2,3)17-12(16)10-14-15(4)11-8-6-5-7-9-11/h5-9,14H,10H2,1-4H3. The summed E-state index contributed by atoms with van der Waals surface area (Å²) in [6.07, 6.45) is 0. The van der Waals surface area contributed by atoms with Gasteiger partial charge < -0.3 is 9.75 Å². The molecule has 0 saturated carbocycles. The molecule has 0 spiro atoms. The van der Waals surface area contributed by atoms with Gasteiger partial charge in [-0.3, -0.25) is 4.79 Å². The molecule has 0 amide bonds. The highest BCUT2D eigenvalue weighted by Crippen LogP contribution is 2.09. The summed E-state index contributed by atoms with van der Waals surface area (Å²) in [5.41, 5.74) is 3.54. The molecule has 0 saturated heterocycles. The number of carbonyl (C=O) groups excluding carboxylic acids is 1. The lowest BCUT2D eigenvalue weighted by Crippen LogP contribution is -2.40. The SMILES string of the molecule is CN(NCC(=O)OC(C)(C)C)c1ccccc1. The highest BCUT2D eigenvalue weighted by atomic mass is 16.6. The largest absolute Gasteiger partial charge is 0.459 e. The van der Waals surface area contributed by atoms with Gasteiger partial charge in [0.15, 0.2) is 0 Å². The first kappa shape index (κ1) is 13.5. The topological polar surface area (TPSA) is 41.6 Å². The number of hydrogen-bond acceptors (Lipinski definition) is 4. The molecule has 0 atom stereocenters. The number of hydrazine groups is 1. The Labute approximate surface area is 103 Å². The Morgan fingerprint density at radius 3 is 2.41 bits per heavy atom. The maximum atomic E-state index is 11.5. The van der Waals surface area contributed by atoms with Crippen LogP contribution in [0.4, 0.5) is 5.69 Å². The Hall–Kier alpha value is -1.55. The van der Waals surface area contributed by atoms with Crippen molar-refractivity contribution in [3.05, 3.63) is 30.3 Å². The summed E-state index contributed by atoms with van der Waals surface area (Å²) in [5.74, 6) is -0.264. The third kappa shape index (κ3) is 5.36. The summed E-state index contributed by atoms with van der Waals surface area (Å²) in [4.78, 5) is 11.5. The number of esters is 1. The van der Waals surface area contributed by atoms with E-state index in [4.69, 9.17) is 4.74 Å². The molecule has 0 aliphatic heterocycles. The van der Waals surface area contributed by atoms with Gasteiger partial charge in [-0.15, -0.1) is 0 Å². The molecule has 4 nitrogen and oxygen atoms in total. The quantitative estimate of drug-likeness (QED) is 0.641. The molecule has 0 unspecified atom stereocenters. The number of ether oxygens (including phenoxy) is 1. The van der Waals surface area contributed by atoms with Crippen LogP contribution in [0.3, 0.4) is 0 Å². The minimum Gasteiger partial charge on any atom is -0.459 e. The summed E-state index contributed by atoms with van der Waals surface area (Å²) < 4.78 is 5.20. The zero-order valence-electron chi connectivity index (χ0n) is 10.9. The number of para-hydroxylation sites is 1. The smallest absolute Gasteiger partial charge is 0.322 e. The van der Waals surface area contributed by atoms with E-state index >= 15 is 0 Å². The lowest BCUT2D eigenvalue weighted by atomic mass is 10.2. The zero-order valence-corrected chi connectivity index (χ0v) is 10.9. The average Bonchev–Trinajstić information content (AvgIpc) is 2.25. The average molecular weight is 236 g/mol. The molecule has 0 heterocycles. The van der Waals surface area contributed by atoms with Gasteiger partial charge in [-0.25, -0.2) is 5.43 Å². The van der Waals surface area contributed by atoms with Gasteiger partial charge >= 0.3 is 5.97 Å². The monoisotopic (exact) mass is 236 g/mol. The highest BCUT2D eigenvalue weighted by Gasteiger charge is 2.16. The van der Waals surface area contributed by atoms with Gasteiger partial charge in [0, 0.05) is 7.05 Å². The summed E-state index contributed by atoms with van der Waals surface area (Å²) in [5, 5.41) is 1.80. The van der Waals surface area contributed by atoms with Crippen LogP contribution >= 0.6 is 0 Å². The fourth-order valence-electron chi connectivity index (χ4n) is 1.30. The number of hydrogen-bond donors (Lipinski definition) is 1. The number of carbonyl (C=O) groups is 1. The predicted molar refractivity (Wildman–Crippen MR) is 68.7 cm³/mol. The lowest BCUT2D eigenvalue weighted by molar-refractivity contribution is -0.153. The molecule has 1 rings (SSSR count). The maximum absolute atomic E-state index is 11.5. The Morgan fingerprint density at radius 2 is 1.88 bits per heavy atom. The maximum Gasteiger partial charge on any atom is 0.322 e. The van der Waals surface area contributed by atoms with Crippen molar-refractivity contribution >= 4 is 11.7 Å². The van der Waals surface area contributed by atoms with Crippen LogP contribution in [0.25, 0.3) is 0 Å². The van der Waals surface area contributed by atoms with Crippen molar-refractivity contribution in [2.45, 2.75) is 26.4 Å². The number of nitrogens with zero attached hydrogens (tertiary/aromatic N) is 1. The summed E-state index contributed by atoms with van der Waals surface area (Å²) >= 11 is 0. The second-order valence-electron chi connectivity index (χ2n) is 4.82. The first-order chi connectivity index (χ1) is 7.88. The van der Waals surface area contributed by atoms with Crippen molar-refractivity contribution < 1.29 is 9.53 Å². The van der Waals surface area contributed by atoms with E-state index in [2.05, 4.69) is 5.43 Å². The zero-order chi connectivity index (χ0) is 12.9. The van der Waals surface area contributed by atoms with Crippen molar-refractivity contribution in [3.8, 4) is 0 Å². The van der Waals surface area contributed by atoms with E-state index in [-0.39, 0.29) is 12.5 Å². The van der Waals surface area contributed by atoms with Gasteiger partial charge in [0.05, 0.1) is 5.69 Å². The summed E-state index contributed by atoms with van der Waals surface area (Å²) in [6, 6.07) is 9.76. The van der Waals surface area contributed by atoms with E-state index in [9.17, 15) is 4.79 Å². The first-order valence-electron chi connectivity index (χ1n) is 5.62. The molecule has 94 valence electrons. The van der Waals surface area contributed by atoms with Crippen molar-refractivity contribution in [3.63, 3.8) is 0 Å². The molecule has 0 bridgehead atoms. The van der Waals surface area contributed by atoms with Gasteiger partial charge in [-0.2, -0.15) is 0 Å². The molecule has 1 aromatic carbocycles. The molecule has 0 aliphatic carbocycles. The van der Waals surface area contributed by atoms with Gasteiger partial charge in [0.25, 0.3) is 0 Å². The number of anilines is 1. The second-order valence-corrected chi connectivity index (χ2v) is 4.82. The third-order valence-corrected chi connectivity index (χ3v) is 2.02. The second kappa shape index (κ2) is 5.68. The molecule has 0 fully saturated rings. The Morgan fingerprint density at radius 1 is 1.29 bits per heavy atom.